The molecule has 2 fully saturated rings. The van der Waals surface area contributed by atoms with Crippen molar-refractivity contribution in [1.29, 1.82) is 0 Å². The Hall–Kier alpha value is -1.95. The van der Waals surface area contributed by atoms with Crippen LogP contribution in [0, 0.1) is 30.1 Å². The van der Waals surface area contributed by atoms with E-state index in [1.807, 2.05) is 30.9 Å². The van der Waals surface area contributed by atoms with Gasteiger partial charge >= 0.3 is 0 Å². The van der Waals surface area contributed by atoms with Crippen LogP contribution in [-0.2, 0) is 7.05 Å². The molecule has 1 N–H and O–H groups in total. The maximum atomic E-state index is 4.44. The summed E-state index contributed by atoms with van der Waals surface area (Å²) in [5, 5.41) is 16.9. The van der Waals surface area contributed by atoms with Crippen LogP contribution in [0.4, 0.5) is 5.82 Å². The number of fused-ring (bicyclic) bond motifs is 1. The van der Waals surface area contributed by atoms with Gasteiger partial charge in [0, 0.05) is 44.5 Å². The monoisotopic (exact) mass is 396 g/mol. The van der Waals surface area contributed by atoms with Crippen LogP contribution in [0.2, 0.25) is 0 Å². The first-order chi connectivity index (χ1) is 13.7. The molecule has 6 heteroatoms. The van der Waals surface area contributed by atoms with Gasteiger partial charge < -0.3 is 10.2 Å². The number of aryl methyl sites for hydroxylation is 2. The molecule has 1 saturated carbocycles. The molecule has 6 nitrogen and oxygen atoms in total. The van der Waals surface area contributed by atoms with Crippen molar-refractivity contribution in [2.45, 2.75) is 53.5 Å². The molecule has 158 valence electrons. The Balaban J connectivity index is 1.30. The number of nitrogens with one attached hydrogen (secondary N) is 1. The lowest BCUT2D eigenvalue weighted by atomic mass is 9.82. The molecule has 3 heterocycles. The van der Waals surface area contributed by atoms with Crippen molar-refractivity contribution in [3.63, 3.8) is 0 Å². The van der Waals surface area contributed by atoms with E-state index in [1.165, 1.54) is 32.5 Å². The van der Waals surface area contributed by atoms with Crippen molar-refractivity contribution in [3.05, 3.63) is 24.0 Å². The number of hydrogen-bond acceptors (Lipinski definition) is 5. The summed E-state index contributed by atoms with van der Waals surface area (Å²) in [5.74, 6) is 3.26. The highest BCUT2D eigenvalue weighted by molar-refractivity contribution is 5.61. The third-order valence-corrected chi connectivity index (χ3v) is 7.14. The Morgan fingerprint density at radius 2 is 1.83 bits per heavy atom. The van der Waals surface area contributed by atoms with Crippen LogP contribution < -0.4 is 5.32 Å². The largest absolute Gasteiger partial charge is 0.366 e. The summed E-state index contributed by atoms with van der Waals surface area (Å²) < 4.78 is 1.82. The molecule has 0 bridgehead atoms. The van der Waals surface area contributed by atoms with E-state index in [0.29, 0.717) is 11.5 Å². The lowest BCUT2D eigenvalue weighted by molar-refractivity contribution is 0.175. The first kappa shape index (κ1) is 20.3. The maximum absolute atomic E-state index is 4.44. The maximum Gasteiger partial charge on any atom is 0.148 e. The van der Waals surface area contributed by atoms with Gasteiger partial charge in [-0.25, -0.2) is 0 Å². The number of likely N-dealkylation sites (tertiary alicyclic amines) is 1. The second-order valence-corrected chi connectivity index (χ2v) is 10.4. The van der Waals surface area contributed by atoms with Crippen molar-refractivity contribution in [3.8, 4) is 11.3 Å². The molecule has 2 aromatic heterocycles. The van der Waals surface area contributed by atoms with E-state index in [4.69, 9.17) is 0 Å². The normalized spacial score (nSPS) is 25.9. The smallest absolute Gasteiger partial charge is 0.148 e. The molecule has 1 aliphatic carbocycles. The van der Waals surface area contributed by atoms with Gasteiger partial charge in [0.1, 0.15) is 5.82 Å². The Bertz CT molecular complexity index is 820. The van der Waals surface area contributed by atoms with Gasteiger partial charge in [-0.1, -0.05) is 27.7 Å². The van der Waals surface area contributed by atoms with Crippen molar-refractivity contribution in [1.82, 2.24) is 24.9 Å². The van der Waals surface area contributed by atoms with Crippen LogP contribution >= 0.6 is 0 Å². The predicted molar refractivity (Wildman–Crippen MR) is 118 cm³/mol. The molecular weight excluding hydrogens is 360 g/mol. The summed E-state index contributed by atoms with van der Waals surface area (Å²) >= 11 is 0. The van der Waals surface area contributed by atoms with Crippen LogP contribution in [0.3, 0.4) is 0 Å². The molecule has 2 aliphatic rings. The zero-order valence-corrected chi connectivity index (χ0v) is 18.8. The number of nitrogens with zero attached hydrogens (tertiary/aromatic N) is 5. The Morgan fingerprint density at radius 3 is 2.34 bits per heavy atom. The quantitative estimate of drug-likeness (QED) is 0.828. The number of hydrogen-bond donors (Lipinski definition) is 1. The minimum Gasteiger partial charge on any atom is -0.366 e. The van der Waals surface area contributed by atoms with E-state index < -0.39 is 0 Å². The molecule has 4 atom stereocenters. The summed E-state index contributed by atoms with van der Waals surface area (Å²) in [5.41, 5.74) is 3.30. The molecule has 2 aromatic rings. The van der Waals surface area contributed by atoms with Gasteiger partial charge in [0.2, 0.25) is 0 Å². The van der Waals surface area contributed by atoms with Gasteiger partial charge in [-0.3, -0.25) is 4.68 Å². The van der Waals surface area contributed by atoms with Gasteiger partial charge in [-0.15, -0.1) is 10.2 Å². The highest BCUT2D eigenvalue weighted by Crippen LogP contribution is 2.40. The number of aromatic nitrogens is 4. The van der Waals surface area contributed by atoms with Crippen LogP contribution in [0.25, 0.3) is 11.3 Å². The van der Waals surface area contributed by atoms with Crippen molar-refractivity contribution in [2.75, 3.05) is 25.0 Å². The molecule has 29 heavy (non-hydrogen) atoms. The fourth-order valence-corrected chi connectivity index (χ4v) is 4.94. The van der Waals surface area contributed by atoms with Gasteiger partial charge in [0.15, 0.2) is 0 Å². The van der Waals surface area contributed by atoms with Crippen molar-refractivity contribution in [2.24, 2.45) is 30.2 Å². The molecule has 2 unspecified atom stereocenters. The summed E-state index contributed by atoms with van der Waals surface area (Å²) in [6.07, 6.45) is 4.49. The molecule has 0 spiro atoms. The summed E-state index contributed by atoms with van der Waals surface area (Å²) in [4.78, 5) is 2.70. The van der Waals surface area contributed by atoms with Crippen molar-refractivity contribution < 1.29 is 0 Å². The van der Waals surface area contributed by atoms with Gasteiger partial charge in [0.25, 0.3) is 0 Å². The molecule has 1 aliphatic heterocycles. The average molecular weight is 397 g/mol. The molecular formula is C23H36N6. The summed E-state index contributed by atoms with van der Waals surface area (Å²) in [7, 11) is 1.93. The van der Waals surface area contributed by atoms with E-state index in [0.717, 1.165) is 40.5 Å². The Labute approximate surface area is 175 Å². The number of anilines is 1. The standard InChI is InChI=1S/C23H36N6/c1-15(23(3,4)5)11-29-12-17-9-19(10-18(17)13-29)24-22-8-7-21(25-26-22)20-14-28(6)27-16(20)2/h7-8,14-15,17-19H,9-13H2,1-6H3,(H,24,26)/t15?,17-,18+,19?. The lowest BCUT2D eigenvalue weighted by Crippen LogP contribution is -2.34. The highest BCUT2D eigenvalue weighted by atomic mass is 15.3. The SMILES string of the molecule is Cc1nn(C)cc1-c1ccc(NC2C[C@@H]3CN(CC(C)C(C)(C)C)C[C@@H]3C2)nn1. The molecule has 0 radical (unpaired) electrons. The number of rotatable bonds is 5. The van der Waals surface area contributed by atoms with Gasteiger partial charge in [-0.2, -0.15) is 5.10 Å². The first-order valence-corrected chi connectivity index (χ1v) is 11.0. The van der Waals surface area contributed by atoms with Crippen LogP contribution in [-0.4, -0.2) is 50.6 Å². The molecule has 0 aromatic carbocycles. The minimum atomic E-state index is 0.390. The van der Waals surface area contributed by atoms with E-state index in [9.17, 15) is 0 Å². The topological polar surface area (TPSA) is 58.9 Å². The Kier molecular flexibility index (Phi) is 5.40. The van der Waals surface area contributed by atoms with E-state index in [1.54, 1.807) is 0 Å². The van der Waals surface area contributed by atoms with Crippen LogP contribution in [0.5, 0.6) is 0 Å². The van der Waals surface area contributed by atoms with E-state index in [2.05, 4.69) is 59.3 Å². The van der Waals surface area contributed by atoms with Crippen molar-refractivity contribution >= 4 is 5.82 Å². The average Bonchev–Trinajstić information content (AvgIpc) is 3.27. The summed E-state index contributed by atoms with van der Waals surface area (Å²) in [6.45, 7) is 15.2. The Morgan fingerprint density at radius 1 is 1.14 bits per heavy atom. The summed E-state index contributed by atoms with van der Waals surface area (Å²) in [6, 6.07) is 4.62. The van der Waals surface area contributed by atoms with Crippen LogP contribution in [0.1, 0.15) is 46.2 Å². The zero-order chi connectivity index (χ0) is 20.8. The fraction of sp³-hybridized carbons (Fsp3) is 0.696. The first-order valence-electron chi connectivity index (χ1n) is 11.0. The second kappa shape index (κ2) is 7.71. The second-order valence-electron chi connectivity index (χ2n) is 10.4. The predicted octanol–water partition coefficient (Wildman–Crippen LogP) is 3.99. The van der Waals surface area contributed by atoms with Crippen LogP contribution in [0.15, 0.2) is 18.3 Å². The molecule has 4 rings (SSSR count). The lowest BCUT2D eigenvalue weighted by Gasteiger charge is -2.31. The zero-order valence-electron chi connectivity index (χ0n) is 18.8. The third kappa shape index (κ3) is 4.47. The fourth-order valence-electron chi connectivity index (χ4n) is 4.94. The van der Waals surface area contributed by atoms with E-state index in [-0.39, 0.29) is 0 Å². The van der Waals surface area contributed by atoms with E-state index >= 15 is 0 Å². The molecule has 0 amide bonds. The third-order valence-electron chi connectivity index (χ3n) is 7.14. The van der Waals surface area contributed by atoms with Gasteiger partial charge in [-0.05, 0) is 55.1 Å². The molecule has 1 saturated heterocycles. The minimum absolute atomic E-state index is 0.390. The highest BCUT2D eigenvalue weighted by Gasteiger charge is 2.41. The van der Waals surface area contributed by atoms with Gasteiger partial charge in [0.05, 0.1) is 11.4 Å².